The Labute approximate surface area is 170 Å². The zero-order valence-corrected chi connectivity index (χ0v) is 15.8. The number of halogens is 3. The molecule has 1 aliphatic heterocycles. The van der Waals surface area contributed by atoms with Crippen LogP contribution < -0.4 is 5.32 Å². The maximum atomic E-state index is 14.3. The fraction of sp³-hybridized carbons (Fsp3) is 0.190. The standard InChI is InChI=1S/C21H17F3N4O2/c1-14-9-10-25-17(12-14)26-20(21(22,23)24)19(29)28(13-16-8-5-11-30-16)18(27-20)15-6-3-2-4-7-15/h2-12H,13H2,1H3,(H,25,26). The predicted octanol–water partition coefficient (Wildman–Crippen LogP) is 4.14. The van der Waals surface area contributed by atoms with Crippen LogP contribution in [0.2, 0.25) is 0 Å². The number of benzene rings is 1. The number of nitrogens with zero attached hydrogens (tertiary/aromatic N) is 3. The van der Waals surface area contributed by atoms with Crippen LogP contribution in [0.25, 0.3) is 0 Å². The van der Waals surface area contributed by atoms with Crippen molar-refractivity contribution in [2.75, 3.05) is 5.32 Å². The summed E-state index contributed by atoms with van der Waals surface area (Å²) in [5, 5.41) is 2.25. The first-order valence-corrected chi connectivity index (χ1v) is 9.07. The molecule has 0 aliphatic carbocycles. The number of aromatic nitrogens is 1. The van der Waals surface area contributed by atoms with E-state index in [0.29, 0.717) is 16.9 Å². The molecule has 3 aromatic rings. The molecule has 6 nitrogen and oxygen atoms in total. The average molecular weight is 414 g/mol. The van der Waals surface area contributed by atoms with Crippen LogP contribution in [0.15, 0.2) is 76.5 Å². The van der Waals surface area contributed by atoms with E-state index in [4.69, 9.17) is 4.42 Å². The van der Waals surface area contributed by atoms with E-state index in [1.54, 1.807) is 55.5 Å². The van der Waals surface area contributed by atoms with Gasteiger partial charge in [0.1, 0.15) is 17.4 Å². The van der Waals surface area contributed by atoms with Gasteiger partial charge in [-0.05, 0) is 36.8 Å². The number of alkyl halides is 3. The molecule has 1 aromatic carbocycles. The van der Waals surface area contributed by atoms with E-state index >= 15 is 0 Å². The minimum absolute atomic E-state index is 0.100. The Hall–Kier alpha value is -3.62. The van der Waals surface area contributed by atoms with Crippen molar-refractivity contribution >= 4 is 17.6 Å². The molecule has 30 heavy (non-hydrogen) atoms. The predicted molar refractivity (Wildman–Crippen MR) is 104 cm³/mol. The molecule has 0 radical (unpaired) electrons. The van der Waals surface area contributed by atoms with E-state index in [-0.39, 0.29) is 18.2 Å². The first kappa shape index (κ1) is 19.7. The Balaban J connectivity index is 1.84. The Bertz CT molecular complexity index is 1080. The molecule has 154 valence electrons. The number of amidine groups is 1. The summed E-state index contributed by atoms with van der Waals surface area (Å²) in [5.41, 5.74) is -2.14. The highest BCUT2D eigenvalue weighted by Gasteiger charge is 2.66. The second kappa shape index (κ2) is 7.33. The number of pyridine rings is 1. The van der Waals surface area contributed by atoms with Crippen LogP contribution in [0.5, 0.6) is 0 Å². The summed E-state index contributed by atoms with van der Waals surface area (Å²) in [7, 11) is 0. The second-order valence-corrected chi connectivity index (χ2v) is 6.82. The highest BCUT2D eigenvalue weighted by atomic mass is 19.4. The third-order valence-electron chi connectivity index (χ3n) is 4.64. The Morgan fingerprint density at radius 3 is 2.53 bits per heavy atom. The molecule has 0 saturated carbocycles. The van der Waals surface area contributed by atoms with Crippen molar-refractivity contribution in [3.05, 3.63) is 83.9 Å². The van der Waals surface area contributed by atoms with Gasteiger partial charge < -0.3 is 9.73 Å². The van der Waals surface area contributed by atoms with Crippen molar-refractivity contribution in [1.29, 1.82) is 0 Å². The van der Waals surface area contributed by atoms with Crippen LogP contribution in [0.1, 0.15) is 16.9 Å². The van der Waals surface area contributed by atoms with Gasteiger partial charge in [-0.25, -0.2) is 9.98 Å². The highest BCUT2D eigenvalue weighted by Crippen LogP contribution is 2.41. The van der Waals surface area contributed by atoms with E-state index in [2.05, 4.69) is 15.3 Å². The molecule has 1 amide bonds. The van der Waals surface area contributed by atoms with Crippen LogP contribution in [0.4, 0.5) is 19.0 Å². The number of carbonyl (C=O) groups is 1. The van der Waals surface area contributed by atoms with Crippen molar-refractivity contribution in [1.82, 2.24) is 9.88 Å². The van der Waals surface area contributed by atoms with E-state index in [1.807, 2.05) is 0 Å². The minimum Gasteiger partial charge on any atom is -0.467 e. The number of nitrogens with one attached hydrogen (secondary N) is 1. The number of rotatable bonds is 5. The summed E-state index contributed by atoms with van der Waals surface area (Å²) in [6.45, 7) is 1.52. The maximum Gasteiger partial charge on any atom is 0.442 e. The second-order valence-electron chi connectivity index (χ2n) is 6.82. The van der Waals surface area contributed by atoms with Crippen LogP contribution in [0, 0.1) is 6.92 Å². The van der Waals surface area contributed by atoms with Crippen LogP contribution in [-0.2, 0) is 11.3 Å². The Kier molecular flexibility index (Phi) is 4.81. The summed E-state index contributed by atoms with van der Waals surface area (Å²) >= 11 is 0. The lowest BCUT2D eigenvalue weighted by Gasteiger charge is -2.29. The van der Waals surface area contributed by atoms with Crippen LogP contribution in [-0.4, -0.2) is 33.5 Å². The molecule has 1 aliphatic rings. The third kappa shape index (κ3) is 3.42. The minimum atomic E-state index is -5.02. The van der Waals surface area contributed by atoms with Crippen molar-refractivity contribution in [2.45, 2.75) is 25.3 Å². The summed E-state index contributed by atoms with van der Waals surface area (Å²) < 4.78 is 48.2. The SMILES string of the molecule is Cc1ccnc(NC2(C(F)(F)F)N=C(c3ccccc3)N(Cc3ccco3)C2=O)c1. The molecule has 0 fully saturated rings. The van der Waals surface area contributed by atoms with Gasteiger partial charge >= 0.3 is 11.8 Å². The highest BCUT2D eigenvalue weighted by molar-refractivity contribution is 6.16. The zero-order valence-electron chi connectivity index (χ0n) is 15.8. The van der Waals surface area contributed by atoms with Gasteiger partial charge in [-0.1, -0.05) is 30.3 Å². The number of amides is 1. The number of anilines is 1. The monoisotopic (exact) mass is 414 g/mol. The summed E-state index contributed by atoms with van der Waals surface area (Å²) in [6, 6.07) is 14.5. The lowest BCUT2D eigenvalue weighted by molar-refractivity contribution is -0.185. The molecule has 9 heteroatoms. The molecule has 0 bridgehead atoms. The van der Waals surface area contributed by atoms with Crippen LogP contribution in [0.3, 0.4) is 0 Å². The van der Waals surface area contributed by atoms with E-state index in [0.717, 1.165) is 4.90 Å². The maximum absolute atomic E-state index is 14.3. The summed E-state index contributed by atoms with van der Waals surface area (Å²) in [5.74, 6) is -1.13. The fourth-order valence-corrected chi connectivity index (χ4v) is 3.20. The van der Waals surface area contributed by atoms with Crippen molar-refractivity contribution < 1.29 is 22.4 Å². The number of hydrogen-bond acceptors (Lipinski definition) is 5. The first-order valence-electron chi connectivity index (χ1n) is 9.07. The van der Waals surface area contributed by atoms with Crippen molar-refractivity contribution in [3.63, 3.8) is 0 Å². The molecule has 2 aromatic heterocycles. The number of furan rings is 1. The number of aryl methyl sites for hydroxylation is 1. The van der Waals surface area contributed by atoms with Gasteiger partial charge in [0, 0.05) is 11.8 Å². The van der Waals surface area contributed by atoms with Gasteiger partial charge in [-0.2, -0.15) is 13.2 Å². The smallest absolute Gasteiger partial charge is 0.442 e. The summed E-state index contributed by atoms with van der Waals surface area (Å²) in [6.07, 6.45) is -2.27. The Morgan fingerprint density at radius 2 is 1.90 bits per heavy atom. The molecule has 1 N–H and O–H groups in total. The van der Waals surface area contributed by atoms with Gasteiger partial charge in [0.25, 0.3) is 5.91 Å². The zero-order chi connectivity index (χ0) is 21.4. The molecule has 1 atom stereocenters. The normalized spacial score (nSPS) is 19.1. The molecule has 1 unspecified atom stereocenters. The lowest BCUT2D eigenvalue weighted by Crippen LogP contribution is -2.57. The summed E-state index contributed by atoms with van der Waals surface area (Å²) in [4.78, 5) is 22.0. The van der Waals surface area contributed by atoms with Gasteiger partial charge in [-0.15, -0.1) is 0 Å². The quantitative estimate of drug-likeness (QED) is 0.681. The van der Waals surface area contributed by atoms with Gasteiger partial charge in [-0.3, -0.25) is 9.69 Å². The molecular formula is C21H17F3N4O2. The Morgan fingerprint density at radius 1 is 1.13 bits per heavy atom. The molecule has 4 rings (SSSR count). The van der Waals surface area contributed by atoms with E-state index in [1.165, 1.54) is 18.5 Å². The van der Waals surface area contributed by atoms with Crippen molar-refractivity contribution in [2.24, 2.45) is 4.99 Å². The third-order valence-corrected chi connectivity index (χ3v) is 4.64. The number of hydrogen-bond donors (Lipinski definition) is 1. The topological polar surface area (TPSA) is 70.7 Å². The van der Waals surface area contributed by atoms with E-state index < -0.39 is 17.7 Å². The van der Waals surface area contributed by atoms with Gasteiger partial charge in [0.2, 0.25) is 0 Å². The largest absolute Gasteiger partial charge is 0.467 e. The van der Waals surface area contributed by atoms with Gasteiger partial charge in [0.15, 0.2) is 0 Å². The molecule has 0 spiro atoms. The number of carbonyl (C=O) groups excluding carboxylic acids is 1. The van der Waals surface area contributed by atoms with Crippen LogP contribution >= 0.6 is 0 Å². The molecule has 3 heterocycles. The lowest BCUT2D eigenvalue weighted by atomic mass is 10.1. The average Bonchev–Trinajstić information content (AvgIpc) is 3.31. The molecule has 0 saturated heterocycles. The fourth-order valence-electron chi connectivity index (χ4n) is 3.20. The molecular weight excluding hydrogens is 397 g/mol. The van der Waals surface area contributed by atoms with Crippen molar-refractivity contribution in [3.8, 4) is 0 Å². The van der Waals surface area contributed by atoms with Gasteiger partial charge in [0.05, 0.1) is 12.8 Å². The number of aliphatic imine (C=N–C) groups is 1. The van der Waals surface area contributed by atoms with E-state index in [9.17, 15) is 18.0 Å². The first-order chi connectivity index (χ1) is 14.3.